The van der Waals surface area contributed by atoms with Gasteiger partial charge in [0.25, 0.3) is 5.91 Å². The third-order valence-electron chi connectivity index (χ3n) is 4.18. The normalized spacial score (nSPS) is 11.3. The van der Waals surface area contributed by atoms with Crippen LogP contribution in [0.5, 0.6) is 17.2 Å². The summed E-state index contributed by atoms with van der Waals surface area (Å²) in [5.74, 6) is 1.29. The van der Waals surface area contributed by atoms with Crippen molar-refractivity contribution in [2.75, 3.05) is 32.7 Å². The second kappa shape index (κ2) is 10.3. The van der Waals surface area contributed by atoms with Gasteiger partial charge in [-0.3, -0.25) is 4.79 Å². The molecule has 0 aromatic heterocycles. The second-order valence-electron chi connectivity index (χ2n) is 7.08. The Hall–Kier alpha value is -2.78. The third-order valence-corrected chi connectivity index (χ3v) is 5.60. The molecule has 0 spiro atoms. The molecule has 30 heavy (non-hydrogen) atoms. The molecule has 0 radical (unpaired) electrons. The molecule has 164 valence electrons. The van der Waals surface area contributed by atoms with Crippen molar-refractivity contribution in [3.8, 4) is 17.2 Å². The first-order valence-electron chi connectivity index (χ1n) is 9.41. The molecule has 9 heteroatoms. The van der Waals surface area contributed by atoms with Crippen LogP contribution in [0.1, 0.15) is 19.4 Å². The van der Waals surface area contributed by atoms with Crippen molar-refractivity contribution in [3.63, 3.8) is 0 Å². The average molecular weight is 437 g/mol. The predicted molar refractivity (Wildman–Crippen MR) is 115 cm³/mol. The van der Waals surface area contributed by atoms with E-state index in [0.29, 0.717) is 35.0 Å². The molecule has 2 N–H and O–H groups in total. The van der Waals surface area contributed by atoms with E-state index >= 15 is 0 Å². The number of carbonyl (C=O) groups excluding carboxylic acids is 1. The lowest BCUT2D eigenvalue weighted by Crippen LogP contribution is -2.27. The van der Waals surface area contributed by atoms with Gasteiger partial charge in [0.2, 0.25) is 10.0 Å². The smallest absolute Gasteiger partial charge is 0.262 e. The zero-order valence-electron chi connectivity index (χ0n) is 17.8. The number of methoxy groups -OCH3 is 2. The molecule has 0 saturated heterocycles. The molecule has 0 saturated carbocycles. The lowest BCUT2D eigenvalue weighted by molar-refractivity contribution is -0.118. The van der Waals surface area contributed by atoms with Crippen LogP contribution in [0.3, 0.4) is 0 Å². The quantitative estimate of drug-likeness (QED) is 0.594. The number of aryl methyl sites for hydroxylation is 1. The molecule has 0 atom stereocenters. The van der Waals surface area contributed by atoms with E-state index in [0.717, 1.165) is 0 Å². The Morgan fingerprint density at radius 2 is 1.73 bits per heavy atom. The van der Waals surface area contributed by atoms with E-state index in [2.05, 4.69) is 10.0 Å². The highest BCUT2D eigenvalue weighted by atomic mass is 32.2. The van der Waals surface area contributed by atoms with Crippen LogP contribution < -0.4 is 24.2 Å². The molecule has 0 bridgehead atoms. The van der Waals surface area contributed by atoms with Crippen molar-refractivity contribution in [2.24, 2.45) is 5.92 Å². The highest BCUT2D eigenvalue weighted by molar-refractivity contribution is 7.89. The molecule has 2 aromatic carbocycles. The number of hydrogen-bond acceptors (Lipinski definition) is 6. The maximum atomic E-state index is 12.3. The summed E-state index contributed by atoms with van der Waals surface area (Å²) in [6.45, 7) is 5.68. The number of rotatable bonds is 10. The van der Waals surface area contributed by atoms with Gasteiger partial charge in [0.1, 0.15) is 17.2 Å². The summed E-state index contributed by atoms with van der Waals surface area (Å²) in [7, 11) is -0.559. The van der Waals surface area contributed by atoms with Gasteiger partial charge in [-0.2, -0.15) is 0 Å². The summed E-state index contributed by atoms with van der Waals surface area (Å²) in [5, 5.41) is 2.71. The Bertz CT molecular complexity index is 989. The van der Waals surface area contributed by atoms with E-state index in [-0.39, 0.29) is 17.4 Å². The lowest BCUT2D eigenvalue weighted by Gasteiger charge is -2.14. The number of hydrogen-bond donors (Lipinski definition) is 2. The van der Waals surface area contributed by atoms with E-state index in [1.807, 2.05) is 13.8 Å². The lowest BCUT2D eigenvalue weighted by atomic mass is 10.2. The number of sulfonamides is 1. The summed E-state index contributed by atoms with van der Waals surface area (Å²) < 4.78 is 43.2. The fourth-order valence-corrected chi connectivity index (χ4v) is 3.85. The predicted octanol–water partition coefficient (Wildman–Crippen LogP) is 2.96. The largest absolute Gasteiger partial charge is 0.497 e. The van der Waals surface area contributed by atoms with Gasteiger partial charge in [0.15, 0.2) is 6.61 Å². The van der Waals surface area contributed by atoms with Crippen molar-refractivity contribution >= 4 is 21.6 Å². The molecule has 2 aromatic rings. The minimum atomic E-state index is -3.59. The zero-order valence-corrected chi connectivity index (χ0v) is 18.6. The van der Waals surface area contributed by atoms with E-state index in [1.165, 1.54) is 26.4 Å². The first-order valence-corrected chi connectivity index (χ1v) is 10.9. The fourth-order valence-electron chi connectivity index (χ4n) is 2.55. The average Bonchev–Trinajstić information content (AvgIpc) is 2.71. The van der Waals surface area contributed by atoms with Crippen molar-refractivity contribution in [3.05, 3.63) is 42.0 Å². The van der Waals surface area contributed by atoms with E-state index < -0.39 is 15.9 Å². The van der Waals surface area contributed by atoms with Crippen LogP contribution in [0.25, 0.3) is 0 Å². The molecule has 0 unspecified atom stereocenters. The Kier molecular flexibility index (Phi) is 8.08. The maximum absolute atomic E-state index is 12.3. The highest BCUT2D eigenvalue weighted by Crippen LogP contribution is 2.29. The number of nitrogens with one attached hydrogen (secondary N) is 2. The van der Waals surface area contributed by atoms with Crippen molar-refractivity contribution < 1.29 is 27.4 Å². The molecular formula is C21H28N2O6S. The standard InChI is InChI=1S/C21H28N2O6S/c1-14(2)12-22-30(25,26)17-7-9-19(15(3)10-17)29-13-21(24)23-18-11-16(27-4)6-8-20(18)28-5/h6-11,14,22H,12-13H2,1-5H3,(H,23,24). The molecule has 1 amide bonds. The van der Waals surface area contributed by atoms with Gasteiger partial charge < -0.3 is 19.5 Å². The van der Waals surface area contributed by atoms with Crippen molar-refractivity contribution in [2.45, 2.75) is 25.7 Å². The number of carbonyl (C=O) groups is 1. The first kappa shape index (κ1) is 23.5. The van der Waals surface area contributed by atoms with Crippen LogP contribution in [-0.2, 0) is 14.8 Å². The van der Waals surface area contributed by atoms with Gasteiger partial charge in [-0.25, -0.2) is 13.1 Å². The molecule has 0 fully saturated rings. The molecule has 0 aliphatic rings. The molecule has 0 heterocycles. The monoisotopic (exact) mass is 436 g/mol. The molecule has 8 nitrogen and oxygen atoms in total. The van der Waals surface area contributed by atoms with Crippen LogP contribution in [0.4, 0.5) is 5.69 Å². The summed E-state index contributed by atoms with van der Waals surface area (Å²) >= 11 is 0. The van der Waals surface area contributed by atoms with Gasteiger partial charge in [-0.15, -0.1) is 0 Å². The first-order chi connectivity index (χ1) is 14.2. The van der Waals surface area contributed by atoms with E-state index in [1.54, 1.807) is 31.2 Å². The number of amides is 1. The number of ether oxygens (including phenoxy) is 3. The van der Waals surface area contributed by atoms with Crippen LogP contribution in [0.15, 0.2) is 41.3 Å². The van der Waals surface area contributed by atoms with E-state index in [9.17, 15) is 13.2 Å². The Labute approximate surface area is 177 Å². The minimum Gasteiger partial charge on any atom is -0.497 e. The zero-order chi connectivity index (χ0) is 22.3. The summed E-state index contributed by atoms with van der Waals surface area (Å²) in [6.07, 6.45) is 0. The van der Waals surface area contributed by atoms with Crippen molar-refractivity contribution in [1.29, 1.82) is 0 Å². The van der Waals surface area contributed by atoms with Gasteiger partial charge >= 0.3 is 0 Å². The number of anilines is 1. The van der Waals surface area contributed by atoms with Gasteiger partial charge in [-0.05, 0) is 48.7 Å². The van der Waals surface area contributed by atoms with E-state index in [4.69, 9.17) is 14.2 Å². The second-order valence-corrected chi connectivity index (χ2v) is 8.84. The van der Waals surface area contributed by atoms with Crippen LogP contribution in [0.2, 0.25) is 0 Å². The summed E-state index contributed by atoms with van der Waals surface area (Å²) in [5.41, 5.74) is 1.06. The third kappa shape index (κ3) is 6.36. The topological polar surface area (TPSA) is 103 Å². The molecule has 0 aliphatic heterocycles. The van der Waals surface area contributed by atoms with Gasteiger partial charge in [0, 0.05) is 12.6 Å². The summed E-state index contributed by atoms with van der Waals surface area (Å²) in [4.78, 5) is 12.5. The minimum absolute atomic E-state index is 0.151. The van der Waals surface area contributed by atoms with Crippen LogP contribution in [-0.4, -0.2) is 41.7 Å². The Balaban J connectivity index is 2.03. The van der Waals surface area contributed by atoms with Crippen LogP contribution in [0, 0.1) is 12.8 Å². The Morgan fingerprint density at radius 1 is 1.03 bits per heavy atom. The van der Waals surface area contributed by atoms with Crippen LogP contribution >= 0.6 is 0 Å². The Morgan fingerprint density at radius 3 is 2.33 bits per heavy atom. The molecule has 0 aliphatic carbocycles. The van der Waals surface area contributed by atoms with Gasteiger partial charge in [-0.1, -0.05) is 13.8 Å². The fraction of sp³-hybridized carbons (Fsp3) is 0.381. The van der Waals surface area contributed by atoms with Crippen molar-refractivity contribution in [1.82, 2.24) is 4.72 Å². The van der Waals surface area contributed by atoms with Gasteiger partial charge in [0.05, 0.1) is 24.8 Å². The SMILES string of the molecule is COc1ccc(OC)c(NC(=O)COc2ccc(S(=O)(=O)NCC(C)C)cc2C)c1. The molecular weight excluding hydrogens is 408 g/mol. The number of benzene rings is 2. The highest BCUT2D eigenvalue weighted by Gasteiger charge is 2.16. The summed E-state index contributed by atoms with van der Waals surface area (Å²) in [6, 6.07) is 9.56. The molecule has 2 rings (SSSR count). The maximum Gasteiger partial charge on any atom is 0.262 e.